The lowest BCUT2D eigenvalue weighted by atomic mass is 10.2. The molecule has 0 aliphatic heterocycles. The number of halogens is 3. The molecule has 0 unspecified atom stereocenters. The zero-order valence-corrected chi connectivity index (χ0v) is 11.7. The first-order valence-corrected chi connectivity index (χ1v) is 6.83. The number of carbonyl (C=O) groups is 2. The fourth-order valence-corrected chi connectivity index (χ4v) is 2.18. The fourth-order valence-electron chi connectivity index (χ4n) is 2.18. The number of nitrogens with one attached hydrogen (secondary N) is 2. The molecule has 22 heavy (non-hydrogen) atoms. The molecule has 1 aromatic carbocycles. The van der Waals surface area contributed by atoms with E-state index in [9.17, 15) is 22.8 Å². The summed E-state index contributed by atoms with van der Waals surface area (Å²) in [5.41, 5.74) is 1.56. The molecule has 0 bridgehead atoms. The molecule has 0 saturated heterocycles. The highest BCUT2D eigenvalue weighted by Gasteiger charge is 2.38. The Morgan fingerprint density at radius 3 is 1.95 bits per heavy atom. The number of rotatable bonds is 3. The normalized spacial score (nSPS) is 14.6. The summed E-state index contributed by atoms with van der Waals surface area (Å²) in [6, 6.07) is 5.44. The lowest BCUT2D eigenvalue weighted by Crippen LogP contribution is -2.29. The monoisotopic (exact) mass is 312 g/mol. The number of benzene rings is 1. The van der Waals surface area contributed by atoms with Crippen LogP contribution in [0.3, 0.4) is 0 Å². The number of carbonyl (C=O) groups excluding carboxylic acids is 2. The largest absolute Gasteiger partial charge is 0.471 e. The van der Waals surface area contributed by atoms with E-state index in [0.29, 0.717) is 5.69 Å². The summed E-state index contributed by atoms with van der Waals surface area (Å²) in [5, 5.41) is 4.36. The van der Waals surface area contributed by atoms with Gasteiger partial charge in [-0.25, -0.2) is 0 Å². The minimum atomic E-state index is -4.93. The van der Waals surface area contributed by atoms with Gasteiger partial charge in [0.25, 0.3) is 0 Å². The molecule has 1 aliphatic rings. The highest BCUT2D eigenvalue weighted by atomic mass is 19.4. The third-order valence-electron chi connectivity index (χ3n) is 3.25. The second kappa shape index (κ2) is 6.64. The molecule has 0 spiro atoms. The maximum Gasteiger partial charge on any atom is 0.471 e. The summed E-state index contributed by atoms with van der Waals surface area (Å²) in [7, 11) is 0. The van der Waals surface area contributed by atoms with Gasteiger partial charge in [0.05, 0.1) is 0 Å². The van der Waals surface area contributed by atoms with Crippen molar-refractivity contribution in [3.05, 3.63) is 35.9 Å². The highest BCUT2D eigenvalue weighted by molar-refractivity contribution is 6.00. The van der Waals surface area contributed by atoms with Gasteiger partial charge >= 0.3 is 12.1 Å². The van der Waals surface area contributed by atoms with Gasteiger partial charge in [0.15, 0.2) is 0 Å². The van der Waals surface area contributed by atoms with Crippen LogP contribution in [0.5, 0.6) is 0 Å². The number of alkyl halides is 3. The Morgan fingerprint density at radius 2 is 1.45 bits per heavy atom. The molecule has 2 N–H and O–H groups in total. The third-order valence-corrected chi connectivity index (χ3v) is 3.25. The quantitative estimate of drug-likeness (QED) is 0.837. The van der Waals surface area contributed by atoms with Gasteiger partial charge in [0, 0.05) is 17.5 Å². The van der Waals surface area contributed by atoms with E-state index < -0.39 is 12.1 Å². The van der Waals surface area contributed by atoms with Crippen LogP contribution in [0.4, 0.5) is 24.5 Å². The van der Waals surface area contributed by atoms with Crippen molar-refractivity contribution in [1.29, 1.82) is 0 Å². The number of amides is 2. The third kappa shape index (κ3) is 4.61. The van der Waals surface area contributed by atoms with Crippen molar-refractivity contribution < 1.29 is 22.8 Å². The molecule has 1 saturated carbocycles. The molecular formula is C15H15F3N2O2. The van der Waals surface area contributed by atoms with E-state index in [1.165, 1.54) is 24.3 Å². The lowest BCUT2D eigenvalue weighted by molar-refractivity contribution is -0.167. The zero-order valence-electron chi connectivity index (χ0n) is 11.7. The molecule has 0 heterocycles. The summed E-state index contributed by atoms with van der Waals surface area (Å²) in [5.74, 6) is -2.29. The number of hydrogen-bond donors (Lipinski definition) is 2. The van der Waals surface area contributed by atoms with Gasteiger partial charge in [-0.05, 0) is 49.9 Å². The molecule has 2 rings (SSSR count). The predicted molar refractivity (Wildman–Crippen MR) is 76.3 cm³/mol. The molecule has 4 nitrogen and oxygen atoms in total. The van der Waals surface area contributed by atoms with E-state index in [2.05, 4.69) is 5.32 Å². The molecular weight excluding hydrogens is 297 g/mol. The lowest BCUT2D eigenvalue weighted by Gasteiger charge is -2.09. The van der Waals surface area contributed by atoms with Crippen molar-refractivity contribution in [2.75, 3.05) is 10.6 Å². The predicted octanol–water partition coefficient (Wildman–Crippen LogP) is 3.63. The Bertz CT molecular complexity index is 584. The molecule has 1 aliphatic carbocycles. The molecule has 1 aromatic rings. The zero-order chi connectivity index (χ0) is 16.2. The van der Waals surface area contributed by atoms with Gasteiger partial charge in [-0.1, -0.05) is 5.57 Å². The van der Waals surface area contributed by atoms with E-state index in [1.807, 2.05) is 0 Å². The Labute approximate surface area is 125 Å². The van der Waals surface area contributed by atoms with E-state index in [0.717, 1.165) is 31.3 Å². The molecule has 0 atom stereocenters. The molecule has 118 valence electrons. The van der Waals surface area contributed by atoms with E-state index in [4.69, 9.17) is 0 Å². The number of allylic oxidation sites excluding steroid dienone is 1. The first-order valence-electron chi connectivity index (χ1n) is 6.83. The first kappa shape index (κ1) is 16.1. The van der Waals surface area contributed by atoms with Gasteiger partial charge < -0.3 is 10.6 Å². The average Bonchev–Trinajstić information content (AvgIpc) is 2.92. The maximum atomic E-state index is 12.1. The smallest absolute Gasteiger partial charge is 0.323 e. The maximum absolute atomic E-state index is 12.1. The van der Waals surface area contributed by atoms with Gasteiger partial charge in [0.2, 0.25) is 5.91 Å². The number of anilines is 2. The van der Waals surface area contributed by atoms with E-state index >= 15 is 0 Å². The van der Waals surface area contributed by atoms with Crippen molar-refractivity contribution in [2.24, 2.45) is 0 Å². The van der Waals surface area contributed by atoms with E-state index in [1.54, 1.807) is 11.4 Å². The fraction of sp³-hybridized carbons (Fsp3) is 0.333. The molecule has 0 aromatic heterocycles. The summed E-state index contributed by atoms with van der Waals surface area (Å²) in [6.45, 7) is 0. The van der Waals surface area contributed by atoms with Crippen molar-refractivity contribution in [3.8, 4) is 0 Å². The van der Waals surface area contributed by atoms with Crippen LogP contribution in [0.1, 0.15) is 25.7 Å². The molecule has 1 fully saturated rings. The first-order chi connectivity index (χ1) is 10.3. The van der Waals surface area contributed by atoms with E-state index in [-0.39, 0.29) is 11.6 Å². The minimum absolute atomic E-state index is 0.00877. The summed E-state index contributed by atoms with van der Waals surface area (Å²) < 4.78 is 36.3. The van der Waals surface area contributed by atoms with Crippen LogP contribution in [0.25, 0.3) is 0 Å². The van der Waals surface area contributed by atoms with Crippen molar-refractivity contribution in [2.45, 2.75) is 31.9 Å². The van der Waals surface area contributed by atoms with Crippen LogP contribution in [0.2, 0.25) is 0 Å². The standard InChI is InChI=1S/C15H15F3N2O2/c16-15(17,18)14(22)20-12-7-5-11(6-8-12)19-13(21)9-10-3-1-2-4-10/h5-9H,1-4H2,(H,19,21)(H,20,22). The van der Waals surface area contributed by atoms with Crippen LogP contribution < -0.4 is 10.6 Å². The van der Waals surface area contributed by atoms with Crippen LogP contribution in [-0.4, -0.2) is 18.0 Å². The summed E-state index contributed by atoms with van der Waals surface area (Å²) in [4.78, 5) is 22.5. The van der Waals surface area contributed by atoms with Crippen LogP contribution in [0, 0.1) is 0 Å². The summed E-state index contributed by atoms with van der Waals surface area (Å²) >= 11 is 0. The van der Waals surface area contributed by atoms with Crippen LogP contribution >= 0.6 is 0 Å². The van der Waals surface area contributed by atoms with Gasteiger partial charge in [-0.15, -0.1) is 0 Å². The Balaban J connectivity index is 1.93. The molecule has 0 radical (unpaired) electrons. The van der Waals surface area contributed by atoms with Crippen LogP contribution in [-0.2, 0) is 9.59 Å². The highest BCUT2D eigenvalue weighted by Crippen LogP contribution is 2.24. The van der Waals surface area contributed by atoms with Crippen molar-refractivity contribution in [3.63, 3.8) is 0 Å². The SMILES string of the molecule is O=C(C=C1CCCC1)Nc1ccc(NC(=O)C(F)(F)F)cc1. The minimum Gasteiger partial charge on any atom is -0.323 e. The Morgan fingerprint density at radius 1 is 0.955 bits per heavy atom. The van der Waals surface area contributed by atoms with Crippen LogP contribution in [0.15, 0.2) is 35.9 Å². The Kier molecular flexibility index (Phi) is 4.85. The average molecular weight is 312 g/mol. The van der Waals surface area contributed by atoms with Gasteiger partial charge in [-0.3, -0.25) is 9.59 Å². The second-order valence-corrected chi connectivity index (χ2v) is 5.03. The van der Waals surface area contributed by atoms with Crippen molar-refractivity contribution in [1.82, 2.24) is 0 Å². The van der Waals surface area contributed by atoms with Gasteiger partial charge in [0.1, 0.15) is 0 Å². The Hall–Kier alpha value is -2.31. The van der Waals surface area contributed by atoms with Gasteiger partial charge in [-0.2, -0.15) is 13.2 Å². The topological polar surface area (TPSA) is 58.2 Å². The second-order valence-electron chi connectivity index (χ2n) is 5.03. The number of hydrogen-bond acceptors (Lipinski definition) is 2. The molecule has 2 amide bonds. The van der Waals surface area contributed by atoms with Crippen molar-refractivity contribution >= 4 is 23.2 Å². The molecule has 7 heteroatoms. The summed E-state index contributed by atoms with van der Waals surface area (Å²) in [6.07, 6.45) is 0.664.